The summed E-state index contributed by atoms with van der Waals surface area (Å²) in [6.07, 6.45) is 20.7. The van der Waals surface area contributed by atoms with Crippen molar-refractivity contribution in [3.05, 3.63) is 0 Å². The molecule has 1 aliphatic heterocycles. The van der Waals surface area contributed by atoms with Crippen molar-refractivity contribution in [2.75, 3.05) is 19.6 Å². The molecule has 0 bridgehead atoms. The minimum Gasteiger partial charge on any atom is -0.372 e. The van der Waals surface area contributed by atoms with Gasteiger partial charge in [-0.1, -0.05) is 84.0 Å². The van der Waals surface area contributed by atoms with Crippen molar-refractivity contribution in [3.63, 3.8) is 0 Å². The highest BCUT2D eigenvalue weighted by atomic mass is 15.1. The van der Waals surface area contributed by atoms with Crippen LogP contribution in [0.5, 0.6) is 0 Å². The molecule has 0 aromatic rings. The van der Waals surface area contributed by atoms with Gasteiger partial charge in [-0.15, -0.1) is 0 Å². The molecule has 1 atom stereocenters. The summed E-state index contributed by atoms with van der Waals surface area (Å²) in [7, 11) is 0. The number of amidine groups is 1. The molecule has 1 aliphatic rings. The summed E-state index contributed by atoms with van der Waals surface area (Å²) < 4.78 is 0. The Morgan fingerprint density at radius 3 is 1.88 bits per heavy atom. The molecule has 0 aliphatic carbocycles. The van der Waals surface area contributed by atoms with E-state index in [-0.39, 0.29) is 0 Å². The smallest absolute Gasteiger partial charge is 0.0995 e. The largest absolute Gasteiger partial charge is 0.372 e. The Labute approximate surface area is 151 Å². The second kappa shape index (κ2) is 15.9. The molecule has 142 valence electrons. The number of nitrogens with zero attached hydrogens (tertiary/aromatic N) is 1. The van der Waals surface area contributed by atoms with E-state index in [9.17, 15) is 0 Å². The lowest BCUT2D eigenvalue weighted by molar-refractivity contribution is 0.492. The van der Waals surface area contributed by atoms with E-state index in [0.717, 1.165) is 26.1 Å². The summed E-state index contributed by atoms with van der Waals surface area (Å²) in [5.41, 5.74) is 5.68. The molecule has 0 amide bonds. The zero-order chi connectivity index (χ0) is 17.3. The van der Waals surface area contributed by atoms with Crippen molar-refractivity contribution in [1.82, 2.24) is 5.32 Å². The van der Waals surface area contributed by atoms with Gasteiger partial charge in [-0.25, -0.2) is 0 Å². The fourth-order valence-corrected chi connectivity index (χ4v) is 3.70. The van der Waals surface area contributed by atoms with Crippen LogP contribution < -0.4 is 11.1 Å². The third-order valence-electron chi connectivity index (χ3n) is 5.25. The Bertz CT molecular complexity index is 301. The van der Waals surface area contributed by atoms with Crippen LogP contribution in [-0.2, 0) is 0 Å². The Kier molecular flexibility index (Phi) is 14.3. The van der Waals surface area contributed by atoms with Crippen LogP contribution in [0, 0.1) is 5.92 Å². The maximum absolute atomic E-state index is 5.68. The van der Waals surface area contributed by atoms with E-state index in [4.69, 9.17) is 5.73 Å². The normalized spacial score (nSPS) is 15.3. The van der Waals surface area contributed by atoms with Crippen LogP contribution in [-0.4, -0.2) is 25.5 Å². The van der Waals surface area contributed by atoms with E-state index >= 15 is 0 Å². The number of nitrogens with one attached hydrogen (secondary N) is 1. The Balaban J connectivity index is 1.92. The first kappa shape index (κ1) is 21.5. The lowest BCUT2D eigenvalue weighted by Crippen LogP contribution is -2.27. The van der Waals surface area contributed by atoms with Crippen LogP contribution >= 0.6 is 0 Å². The highest BCUT2D eigenvalue weighted by Crippen LogP contribution is 2.19. The molecular weight excluding hydrogens is 294 g/mol. The molecule has 0 aromatic carbocycles. The van der Waals surface area contributed by atoms with Gasteiger partial charge in [-0.3, -0.25) is 4.99 Å². The van der Waals surface area contributed by atoms with Gasteiger partial charge in [-0.05, 0) is 25.8 Å². The van der Waals surface area contributed by atoms with Crippen LogP contribution in [0.15, 0.2) is 4.99 Å². The number of unbranched alkanes of at least 4 members (excludes halogenated alkanes) is 11. The van der Waals surface area contributed by atoms with Gasteiger partial charge in [0, 0.05) is 12.5 Å². The average molecular weight is 338 g/mol. The topological polar surface area (TPSA) is 50.4 Å². The van der Waals surface area contributed by atoms with Gasteiger partial charge < -0.3 is 11.1 Å². The Morgan fingerprint density at radius 2 is 1.38 bits per heavy atom. The lowest BCUT2D eigenvalue weighted by Gasteiger charge is -2.17. The summed E-state index contributed by atoms with van der Waals surface area (Å²) in [6, 6.07) is 0. The van der Waals surface area contributed by atoms with Crippen molar-refractivity contribution in [2.45, 2.75) is 103 Å². The highest BCUT2D eigenvalue weighted by molar-refractivity contribution is 5.85. The SMILES string of the molecule is CCCCCCCCCCCCCCC(CCCN)C1=NCCN1. The minimum atomic E-state index is 0.638. The molecule has 0 spiro atoms. The minimum absolute atomic E-state index is 0.638. The van der Waals surface area contributed by atoms with Gasteiger partial charge >= 0.3 is 0 Å². The number of nitrogens with two attached hydrogens (primary N) is 1. The number of hydrogen-bond donors (Lipinski definition) is 2. The van der Waals surface area contributed by atoms with E-state index in [0.29, 0.717) is 5.92 Å². The third kappa shape index (κ3) is 11.1. The number of rotatable bonds is 17. The van der Waals surface area contributed by atoms with E-state index in [1.807, 2.05) is 0 Å². The van der Waals surface area contributed by atoms with E-state index in [1.165, 1.54) is 95.7 Å². The quantitative estimate of drug-likeness (QED) is 0.347. The second-order valence-corrected chi connectivity index (χ2v) is 7.50. The van der Waals surface area contributed by atoms with Crippen LogP contribution in [0.25, 0.3) is 0 Å². The molecule has 3 nitrogen and oxygen atoms in total. The molecule has 0 saturated carbocycles. The fraction of sp³-hybridized carbons (Fsp3) is 0.952. The highest BCUT2D eigenvalue weighted by Gasteiger charge is 2.17. The molecule has 1 rings (SSSR count). The summed E-state index contributed by atoms with van der Waals surface area (Å²) in [5, 5.41) is 3.47. The van der Waals surface area contributed by atoms with Gasteiger partial charge in [0.2, 0.25) is 0 Å². The van der Waals surface area contributed by atoms with Crippen molar-refractivity contribution in [2.24, 2.45) is 16.6 Å². The summed E-state index contributed by atoms with van der Waals surface area (Å²) in [6.45, 7) is 5.10. The van der Waals surface area contributed by atoms with Crippen molar-refractivity contribution < 1.29 is 0 Å². The van der Waals surface area contributed by atoms with Crippen LogP contribution in [0.1, 0.15) is 103 Å². The molecule has 0 aromatic heterocycles. The van der Waals surface area contributed by atoms with E-state index in [2.05, 4.69) is 17.2 Å². The predicted molar refractivity (Wildman–Crippen MR) is 108 cm³/mol. The second-order valence-electron chi connectivity index (χ2n) is 7.50. The van der Waals surface area contributed by atoms with Crippen molar-refractivity contribution >= 4 is 5.84 Å². The third-order valence-corrected chi connectivity index (χ3v) is 5.25. The first-order valence-corrected chi connectivity index (χ1v) is 10.9. The van der Waals surface area contributed by atoms with Gasteiger partial charge in [-0.2, -0.15) is 0 Å². The first-order chi connectivity index (χ1) is 11.9. The first-order valence-electron chi connectivity index (χ1n) is 10.9. The van der Waals surface area contributed by atoms with Gasteiger partial charge in [0.1, 0.15) is 0 Å². The predicted octanol–water partition coefficient (Wildman–Crippen LogP) is 5.43. The fourth-order valence-electron chi connectivity index (χ4n) is 3.70. The van der Waals surface area contributed by atoms with Crippen LogP contribution in [0.2, 0.25) is 0 Å². The van der Waals surface area contributed by atoms with Crippen molar-refractivity contribution in [3.8, 4) is 0 Å². The maximum atomic E-state index is 5.68. The zero-order valence-corrected chi connectivity index (χ0v) is 16.3. The van der Waals surface area contributed by atoms with Gasteiger partial charge in [0.05, 0.1) is 12.4 Å². The van der Waals surface area contributed by atoms with Crippen LogP contribution in [0.3, 0.4) is 0 Å². The molecular formula is C21H43N3. The zero-order valence-electron chi connectivity index (χ0n) is 16.3. The monoisotopic (exact) mass is 337 g/mol. The number of hydrogen-bond acceptors (Lipinski definition) is 3. The molecule has 1 heterocycles. The standard InChI is InChI=1S/C21H43N3/c1-2-3-4-5-6-7-8-9-10-11-12-13-15-20(16-14-17-22)21-23-18-19-24-21/h20H,2-19,22H2,1H3,(H,23,24). The Morgan fingerprint density at radius 1 is 0.833 bits per heavy atom. The maximum Gasteiger partial charge on any atom is 0.0995 e. The molecule has 24 heavy (non-hydrogen) atoms. The van der Waals surface area contributed by atoms with Crippen LogP contribution in [0.4, 0.5) is 0 Å². The lowest BCUT2D eigenvalue weighted by atomic mass is 9.94. The molecule has 3 heteroatoms. The van der Waals surface area contributed by atoms with E-state index in [1.54, 1.807) is 0 Å². The molecule has 3 N–H and O–H groups in total. The number of aliphatic imine (C=N–C) groups is 1. The van der Waals surface area contributed by atoms with Gasteiger partial charge in [0.15, 0.2) is 0 Å². The van der Waals surface area contributed by atoms with E-state index < -0.39 is 0 Å². The summed E-state index contributed by atoms with van der Waals surface area (Å²) in [4.78, 5) is 4.63. The molecule has 0 fully saturated rings. The van der Waals surface area contributed by atoms with Crippen molar-refractivity contribution in [1.29, 1.82) is 0 Å². The average Bonchev–Trinajstić information content (AvgIpc) is 3.13. The molecule has 1 unspecified atom stereocenters. The summed E-state index contributed by atoms with van der Waals surface area (Å²) >= 11 is 0. The summed E-state index contributed by atoms with van der Waals surface area (Å²) in [5.74, 6) is 1.91. The molecule has 0 radical (unpaired) electrons. The Hall–Kier alpha value is -0.570. The molecule has 0 saturated heterocycles. The van der Waals surface area contributed by atoms with Gasteiger partial charge in [0.25, 0.3) is 0 Å².